The van der Waals surface area contributed by atoms with E-state index in [1.807, 2.05) is 19.2 Å². The molecule has 3 heterocycles. The van der Waals surface area contributed by atoms with Gasteiger partial charge in [0.15, 0.2) is 0 Å². The smallest absolute Gasteiger partial charge is 0.0991 e. The maximum absolute atomic E-state index is 10.4. The highest BCUT2D eigenvalue weighted by Gasteiger charge is 2.17. The van der Waals surface area contributed by atoms with Crippen LogP contribution in [0, 0.1) is 18.3 Å². The Hall–Kier alpha value is -2.88. The van der Waals surface area contributed by atoms with Gasteiger partial charge in [0.05, 0.1) is 41.8 Å². The summed E-state index contributed by atoms with van der Waals surface area (Å²) in [7, 11) is 0. The molecule has 0 atom stereocenters. The monoisotopic (exact) mass is 348 g/mol. The van der Waals surface area contributed by atoms with E-state index < -0.39 is 0 Å². The summed E-state index contributed by atoms with van der Waals surface area (Å²) in [6.45, 7) is 6.15. The average molecular weight is 348 g/mol. The molecule has 0 aliphatic carbocycles. The highest BCUT2D eigenvalue weighted by Crippen LogP contribution is 2.33. The van der Waals surface area contributed by atoms with E-state index in [1.54, 1.807) is 18.2 Å². The molecule has 0 spiro atoms. The van der Waals surface area contributed by atoms with Crippen molar-refractivity contribution in [2.24, 2.45) is 0 Å². The number of rotatable bonds is 3. The van der Waals surface area contributed by atoms with Crippen LogP contribution in [0.15, 0.2) is 36.5 Å². The molecule has 26 heavy (non-hydrogen) atoms. The number of pyridine rings is 1. The standard InChI is InChI=1S/C20H20N4O2/c1-14-20(17-10-15(11-21)3-5-19(17)24(14)25)18-4-2-16(12-22-18)13-23-6-8-26-9-7-23/h2-5,10,12,25H,6-9,13H2,1H3. The SMILES string of the molecule is Cc1c(-c2ccc(CN3CCOCC3)cn2)c2cc(C#N)ccc2n1O. The van der Waals surface area contributed by atoms with Gasteiger partial charge in [-0.3, -0.25) is 9.88 Å². The number of ether oxygens (including phenoxy) is 1. The van der Waals surface area contributed by atoms with Crippen molar-refractivity contribution >= 4 is 10.9 Å². The van der Waals surface area contributed by atoms with Crippen molar-refractivity contribution in [2.75, 3.05) is 26.3 Å². The second-order valence-corrected chi connectivity index (χ2v) is 6.56. The van der Waals surface area contributed by atoms with Crippen molar-refractivity contribution in [3.8, 4) is 17.3 Å². The lowest BCUT2D eigenvalue weighted by Crippen LogP contribution is -2.35. The molecule has 0 unspecified atom stereocenters. The highest BCUT2D eigenvalue weighted by atomic mass is 16.5. The summed E-state index contributed by atoms with van der Waals surface area (Å²) < 4.78 is 6.55. The summed E-state index contributed by atoms with van der Waals surface area (Å²) in [5, 5.41) is 20.4. The maximum atomic E-state index is 10.4. The van der Waals surface area contributed by atoms with Gasteiger partial charge in [-0.25, -0.2) is 0 Å². The predicted molar refractivity (Wildman–Crippen MR) is 97.9 cm³/mol. The normalized spacial score (nSPS) is 15.2. The van der Waals surface area contributed by atoms with E-state index in [0.29, 0.717) is 16.8 Å². The fourth-order valence-corrected chi connectivity index (χ4v) is 3.48. The molecular weight excluding hydrogens is 328 g/mol. The van der Waals surface area contributed by atoms with Crippen LogP contribution in [0.2, 0.25) is 0 Å². The molecule has 0 bridgehead atoms. The van der Waals surface area contributed by atoms with Crippen LogP contribution < -0.4 is 0 Å². The highest BCUT2D eigenvalue weighted by molar-refractivity contribution is 5.97. The largest absolute Gasteiger partial charge is 0.428 e. The van der Waals surface area contributed by atoms with Crippen molar-refractivity contribution in [1.29, 1.82) is 5.26 Å². The topological polar surface area (TPSA) is 74.3 Å². The molecule has 1 aliphatic heterocycles. The van der Waals surface area contributed by atoms with Gasteiger partial charge >= 0.3 is 0 Å². The Balaban J connectivity index is 1.69. The van der Waals surface area contributed by atoms with Crippen LogP contribution in [0.1, 0.15) is 16.8 Å². The lowest BCUT2D eigenvalue weighted by atomic mass is 10.0. The van der Waals surface area contributed by atoms with Crippen LogP contribution in [0.4, 0.5) is 0 Å². The van der Waals surface area contributed by atoms with Crippen molar-refractivity contribution in [1.82, 2.24) is 14.6 Å². The number of benzene rings is 1. The molecule has 6 heteroatoms. The van der Waals surface area contributed by atoms with Gasteiger partial charge in [-0.1, -0.05) is 6.07 Å². The van der Waals surface area contributed by atoms with Gasteiger partial charge in [-0.05, 0) is 36.8 Å². The molecule has 0 saturated carbocycles. The Morgan fingerprint density at radius 1 is 1.23 bits per heavy atom. The van der Waals surface area contributed by atoms with E-state index >= 15 is 0 Å². The molecule has 1 fully saturated rings. The van der Waals surface area contributed by atoms with Crippen LogP contribution in [0.25, 0.3) is 22.2 Å². The number of nitrogens with zero attached hydrogens (tertiary/aromatic N) is 4. The third-order valence-corrected chi connectivity index (χ3v) is 4.89. The Bertz CT molecular complexity index is 980. The first-order chi connectivity index (χ1) is 12.7. The van der Waals surface area contributed by atoms with Gasteiger partial charge < -0.3 is 9.94 Å². The molecule has 1 aliphatic rings. The van der Waals surface area contributed by atoms with Crippen molar-refractivity contribution in [3.63, 3.8) is 0 Å². The van der Waals surface area contributed by atoms with Crippen LogP contribution in [0.5, 0.6) is 0 Å². The van der Waals surface area contributed by atoms with Crippen molar-refractivity contribution in [2.45, 2.75) is 13.5 Å². The van der Waals surface area contributed by atoms with Crippen LogP contribution >= 0.6 is 0 Å². The summed E-state index contributed by atoms with van der Waals surface area (Å²) in [6, 6.07) is 11.5. The van der Waals surface area contributed by atoms with E-state index in [2.05, 4.69) is 22.0 Å². The zero-order valence-electron chi connectivity index (χ0n) is 14.6. The minimum Gasteiger partial charge on any atom is -0.428 e. The molecule has 132 valence electrons. The van der Waals surface area contributed by atoms with Gasteiger partial charge in [0.2, 0.25) is 0 Å². The average Bonchev–Trinajstić information content (AvgIpc) is 2.93. The third-order valence-electron chi connectivity index (χ3n) is 4.89. The molecule has 1 saturated heterocycles. The summed E-state index contributed by atoms with van der Waals surface area (Å²) in [6.07, 6.45) is 1.89. The first kappa shape index (κ1) is 16.6. The molecule has 4 rings (SSSR count). The van der Waals surface area contributed by atoms with Gasteiger partial charge in [-0.15, -0.1) is 0 Å². The maximum Gasteiger partial charge on any atom is 0.0991 e. The minimum atomic E-state index is 0.563. The van der Waals surface area contributed by atoms with Crippen LogP contribution in [0.3, 0.4) is 0 Å². The number of fused-ring (bicyclic) bond motifs is 1. The van der Waals surface area contributed by atoms with E-state index in [1.165, 1.54) is 0 Å². The Morgan fingerprint density at radius 3 is 2.73 bits per heavy atom. The van der Waals surface area contributed by atoms with Gasteiger partial charge in [0.1, 0.15) is 0 Å². The zero-order valence-corrected chi connectivity index (χ0v) is 14.6. The molecule has 0 amide bonds. The van der Waals surface area contributed by atoms with E-state index in [-0.39, 0.29) is 0 Å². The molecule has 1 aromatic carbocycles. The van der Waals surface area contributed by atoms with Crippen molar-refractivity contribution < 1.29 is 9.94 Å². The Labute approximate surface area is 151 Å². The zero-order chi connectivity index (χ0) is 18.1. The molecule has 0 radical (unpaired) electrons. The number of hydrogen-bond acceptors (Lipinski definition) is 5. The second-order valence-electron chi connectivity index (χ2n) is 6.56. The summed E-state index contributed by atoms with van der Waals surface area (Å²) in [5.41, 5.74) is 4.75. The summed E-state index contributed by atoms with van der Waals surface area (Å²) >= 11 is 0. The number of morpholine rings is 1. The lowest BCUT2D eigenvalue weighted by molar-refractivity contribution is 0.0341. The Kier molecular flexibility index (Phi) is 4.33. The Morgan fingerprint density at radius 2 is 2.04 bits per heavy atom. The summed E-state index contributed by atoms with van der Waals surface area (Å²) in [4.78, 5) is 6.98. The third kappa shape index (κ3) is 2.92. The fourth-order valence-electron chi connectivity index (χ4n) is 3.48. The van der Waals surface area contributed by atoms with Gasteiger partial charge in [-0.2, -0.15) is 9.99 Å². The predicted octanol–water partition coefficient (Wildman–Crippen LogP) is 2.95. The van der Waals surface area contributed by atoms with Crippen LogP contribution in [-0.4, -0.2) is 46.1 Å². The molecule has 2 aromatic heterocycles. The second kappa shape index (κ2) is 6.79. The van der Waals surface area contributed by atoms with E-state index in [9.17, 15) is 10.5 Å². The summed E-state index contributed by atoms with van der Waals surface area (Å²) in [5.74, 6) is 0. The molecular formula is C20H20N4O2. The molecule has 6 nitrogen and oxygen atoms in total. The first-order valence-corrected chi connectivity index (χ1v) is 8.67. The van der Waals surface area contributed by atoms with Crippen LogP contribution in [-0.2, 0) is 11.3 Å². The molecule has 1 N–H and O–H groups in total. The quantitative estimate of drug-likeness (QED) is 0.737. The number of nitriles is 1. The fraction of sp³-hybridized carbons (Fsp3) is 0.300. The molecule has 3 aromatic rings. The lowest BCUT2D eigenvalue weighted by Gasteiger charge is -2.26. The number of hydrogen-bond donors (Lipinski definition) is 1. The van der Waals surface area contributed by atoms with E-state index in [0.717, 1.165) is 59.8 Å². The van der Waals surface area contributed by atoms with Crippen molar-refractivity contribution in [3.05, 3.63) is 53.3 Å². The van der Waals surface area contributed by atoms with Gasteiger partial charge in [0.25, 0.3) is 0 Å². The first-order valence-electron chi connectivity index (χ1n) is 8.67. The van der Waals surface area contributed by atoms with E-state index in [4.69, 9.17) is 4.74 Å². The number of aromatic nitrogens is 2. The van der Waals surface area contributed by atoms with Gasteiger partial charge in [0, 0.05) is 36.8 Å². The minimum absolute atomic E-state index is 0.563.